The molecule has 1 aliphatic rings. The maximum absolute atomic E-state index is 6.21. The van der Waals surface area contributed by atoms with E-state index in [9.17, 15) is 0 Å². The molecule has 0 bridgehead atoms. The Labute approximate surface area is 108 Å². The van der Waals surface area contributed by atoms with Crippen LogP contribution in [-0.4, -0.2) is 20.2 Å². The van der Waals surface area contributed by atoms with E-state index in [0.717, 1.165) is 35.2 Å². The quantitative estimate of drug-likeness (QED) is 0.893. The van der Waals surface area contributed by atoms with Crippen molar-refractivity contribution in [2.45, 2.75) is 26.2 Å². The summed E-state index contributed by atoms with van der Waals surface area (Å²) >= 11 is 6.21. The monoisotopic (exact) mass is 253 g/mol. The highest BCUT2D eigenvalue weighted by molar-refractivity contribution is 6.32. The van der Waals surface area contributed by atoms with E-state index in [4.69, 9.17) is 16.3 Å². The first-order chi connectivity index (χ1) is 8.20. The lowest BCUT2D eigenvalue weighted by molar-refractivity contribution is 0.375. The van der Waals surface area contributed by atoms with Gasteiger partial charge in [-0.1, -0.05) is 17.7 Å². The fourth-order valence-corrected chi connectivity index (χ4v) is 2.98. The van der Waals surface area contributed by atoms with E-state index in [-0.39, 0.29) is 0 Å². The Morgan fingerprint density at radius 2 is 2.29 bits per heavy atom. The molecule has 1 aromatic rings. The second kappa shape index (κ2) is 5.74. The minimum Gasteiger partial charge on any atom is -0.495 e. The molecule has 0 aromatic heterocycles. The lowest BCUT2D eigenvalue weighted by atomic mass is 9.92. The van der Waals surface area contributed by atoms with Gasteiger partial charge in [-0.15, -0.1) is 0 Å². The van der Waals surface area contributed by atoms with Gasteiger partial charge in [0.15, 0.2) is 0 Å². The van der Waals surface area contributed by atoms with Crippen LogP contribution < -0.4 is 10.1 Å². The number of nitrogens with one attached hydrogen (secondary N) is 1. The molecule has 1 heterocycles. The van der Waals surface area contributed by atoms with E-state index in [0.29, 0.717) is 0 Å². The average molecular weight is 254 g/mol. The number of rotatable bonds is 3. The molecule has 0 aliphatic carbocycles. The standard InChI is InChI=1S/C14H20ClNO/c1-10-6-12(8-13(15)14(10)17-2)7-11-4-3-5-16-9-11/h6,8,11,16H,3-5,7,9H2,1-2H3. The zero-order valence-corrected chi connectivity index (χ0v) is 11.3. The van der Waals surface area contributed by atoms with Gasteiger partial charge in [0.2, 0.25) is 0 Å². The molecule has 0 amide bonds. The first kappa shape index (κ1) is 12.7. The van der Waals surface area contributed by atoms with Crippen molar-refractivity contribution in [3.05, 3.63) is 28.3 Å². The summed E-state index contributed by atoms with van der Waals surface area (Å²) in [6.45, 7) is 4.34. The lowest BCUT2D eigenvalue weighted by Crippen LogP contribution is -2.30. The normalized spacial score (nSPS) is 20.3. The molecule has 1 fully saturated rings. The summed E-state index contributed by atoms with van der Waals surface area (Å²) in [6, 6.07) is 4.24. The number of piperidine rings is 1. The fraction of sp³-hybridized carbons (Fsp3) is 0.571. The molecule has 0 saturated carbocycles. The van der Waals surface area contributed by atoms with Crippen molar-refractivity contribution in [3.8, 4) is 5.75 Å². The van der Waals surface area contributed by atoms with Gasteiger partial charge in [0, 0.05) is 0 Å². The summed E-state index contributed by atoms with van der Waals surface area (Å²) in [5.41, 5.74) is 2.45. The van der Waals surface area contributed by atoms with Gasteiger partial charge in [0.1, 0.15) is 5.75 Å². The molecule has 0 spiro atoms. The van der Waals surface area contributed by atoms with Crippen LogP contribution in [0.1, 0.15) is 24.0 Å². The van der Waals surface area contributed by atoms with Crippen molar-refractivity contribution >= 4 is 11.6 Å². The minimum atomic E-state index is 0.728. The largest absolute Gasteiger partial charge is 0.495 e. The molecule has 2 rings (SSSR count). The molecule has 94 valence electrons. The van der Waals surface area contributed by atoms with Crippen molar-refractivity contribution in [1.29, 1.82) is 0 Å². The van der Waals surface area contributed by atoms with E-state index in [1.54, 1.807) is 7.11 Å². The maximum Gasteiger partial charge on any atom is 0.140 e. The van der Waals surface area contributed by atoms with Gasteiger partial charge in [-0.05, 0) is 62.4 Å². The van der Waals surface area contributed by atoms with Crippen molar-refractivity contribution < 1.29 is 4.74 Å². The molecule has 17 heavy (non-hydrogen) atoms. The molecule has 1 aliphatic heterocycles. The van der Waals surface area contributed by atoms with Crippen molar-refractivity contribution in [2.75, 3.05) is 20.2 Å². The summed E-state index contributed by atoms with van der Waals surface area (Å²) in [5, 5.41) is 4.18. The van der Waals surface area contributed by atoms with Crippen LogP contribution in [0, 0.1) is 12.8 Å². The zero-order valence-electron chi connectivity index (χ0n) is 10.6. The summed E-state index contributed by atoms with van der Waals surface area (Å²) in [6.07, 6.45) is 3.71. The summed E-state index contributed by atoms with van der Waals surface area (Å²) in [7, 11) is 1.67. The SMILES string of the molecule is COc1c(C)cc(CC2CCCNC2)cc1Cl. The van der Waals surface area contributed by atoms with Crippen LogP contribution in [0.5, 0.6) is 5.75 Å². The van der Waals surface area contributed by atoms with Gasteiger partial charge in [0.05, 0.1) is 12.1 Å². The summed E-state index contributed by atoms with van der Waals surface area (Å²) in [5.74, 6) is 1.55. The minimum absolute atomic E-state index is 0.728. The molecule has 1 unspecified atom stereocenters. The van der Waals surface area contributed by atoms with Gasteiger partial charge in [-0.2, -0.15) is 0 Å². The molecule has 1 atom stereocenters. The van der Waals surface area contributed by atoms with Crippen LogP contribution in [0.4, 0.5) is 0 Å². The molecule has 1 saturated heterocycles. The molecule has 0 radical (unpaired) electrons. The number of benzene rings is 1. The number of methoxy groups -OCH3 is 1. The van der Waals surface area contributed by atoms with Crippen LogP contribution in [-0.2, 0) is 6.42 Å². The van der Waals surface area contributed by atoms with E-state index < -0.39 is 0 Å². The number of hydrogen-bond donors (Lipinski definition) is 1. The molecule has 1 N–H and O–H groups in total. The third kappa shape index (κ3) is 3.14. The smallest absolute Gasteiger partial charge is 0.140 e. The highest BCUT2D eigenvalue weighted by atomic mass is 35.5. The second-order valence-electron chi connectivity index (χ2n) is 4.84. The number of aryl methyl sites for hydroxylation is 1. The van der Waals surface area contributed by atoms with Gasteiger partial charge in [-0.3, -0.25) is 0 Å². The van der Waals surface area contributed by atoms with Gasteiger partial charge < -0.3 is 10.1 Å². The second-order valence-corrected chi connectivity index (χ2v) is 5.25. The maximum atomic E-state index is 6.21. The number of hydrogen-bond acceptors (Lipinski definition) is 2. The van der Waals surface area contributed by atoms with Gasteiger partial charge >= 0.3 is 0 Å². The Morgan fingerprint density at radius 3 is 2.88 bits per heavy atom. The predicted octanol–water partition coefficient (Wildman–Crippen LogP) is 3.20. The van der Waals surface area contributed by atoms with Crippen LogP contribution in [0.15, 0.2) is 12.1 Å². The highest BCUT2D eigenvalue weighted by Crippen LogP contribution is 2.30. The topological polar surface area (TPSA) is 21.3 Å². The third-order valence-electron chi connectivity index (χ3n) is 3.42. The predicted molar refractivity (Wildman–Crippen MR) is 72.0 cm³/mol. The Balaban J connectivity index is 2.10. The number of ether oxygens (including phenoxy) is 1. The van der Waals surface area contributed by atoms with Crippen LogP contribution in [0.3, 0.4) is 0 Å². The molecular weight excluding hydrogens is 234 g/mol. The Morgan fingerprint density at radius 1 is 1.47 bits per heavy atom. The van der Waals surface area contributed by atoms with Crippen molar-refractivity contribution in [2.24, 2.45) is 5.92 Å². The van der Waals surface area contributed by atoms with Crippen LogP contribution in [0.2, 0.25) is 5.02 Å². The van der Waals surface area contributed by atoms with E-state index in [2.05, 4.69) is 11.4 Å². The van der Waals surface area contributed by atoms with Crippen molar-refractivity contribution in [3.63, 3.8) is 0 Å². The van der Waals surface area contributed by atoms with Gasteiger partial charge in [-0.25, -0.2) is 0 Å². The lowest BCUT2D eigenvalue weighted by Gasteiger charge is -2.23. The van der Waals surface area contributed by atoms with E-state index in [1.165, 1.54) is 24.9 Å². The molecule has 3 heteroatoms. The molecule has 2 nitrogen and oxygen atoms in total. The van der Waals surface area contributed by atoms with E-state index in [1.807, 2.05) is 13.0 Å². The Kier molecular flexibility index (Phi) is 4.30. The zero-order chi connectivity index (χ0) is 12.3. The first-order valence-electron chi connectivity index (χ1n) is 6.24. The Hall–Kier alpha value is -0.730. The highest BCUT2D eigenvalue weighted by Gasteiger charge is 2.15. The average Bonchev–Trinajstić information content (AvgIpc) is 2.30. The fourth-order valence-electron chi connectivity index (χ4n) is 2.61. The summed E-state index contributed by atoms with van der Waals surface area (Å²) < 4.78 is 5.28. The van der Waals surface area contributed by atoms with Crippen molar-refractivity contribution in [1.82, 2.24) is 5.32 Å². The number of halogens is 1. The van der Waals surface area contributed by atoms with Crippen LogP contribution in [0.25, 0.3) is 0 Å². The van der Waals surface area contributed by atoms with Gasteiger partial charge in [0.25, 0.3) is 0 Å². The Bertz CT molecular complexity index is 363. The summed E-state index contributed by atoms with van der Waals surface area (Å²) in [4.78, 5) is 0. The van der Waals surface area contributed by atoms with E-state index >= 15 is 0 Å². The third-order valence-corrected chi connectivity index (χ3v) is 3.70. The van der Waals surface area contributed by atoms with Crippen LogP contribution >= 0.6 is 11.6 Å². The first-order valence-corrected chi connectivity index (χ1v) is 6.62. The molecular formula is C14H20ClNO. The molecule has 1 aromatic carbocycles.